The molecule has 0 aliphatic carbocycles. The Morgan fingerprint density at radius 2 is 2.18 bits per heavy atom. The van der Waals surface area contributed by atoms with Crippen LogP contribution in [-0.4, -0.2) is 12.1 Å². The summed E-state index contributed by atoms with van der Waals surface area (Å²) in [5, 5.41) is 12.3. The predicted octanol–water partition coefficient (Wildman–Crippen LogP) is 2.79. The zero-order chi connectivity index (χ0) is 12.3. The Kier molecular flexibility index (Phi) is 3.40. The molecule has 2 radical (unpaired) electrons. The normalized spacial score (nSPS) is 12.2. The molecule has 3 heteroatoms. The quantitative estimate of drug-likeness (QED) is 0.809. The van der Waals surface area contributed by atoms with Gasteiger partial charge in [-0.2, -0.15) is 0 Å². The molecule has 0 saturated heterocycles. The summed E-state index contributed by atoms with van der Waals surface area (Å²) in [6, 6.07) is 8.83. The van der Waals surface area contributed by atoms with Gasteiger partial charge in [0.1, 0.15) is 11.9 Å². The van der Waals surface area contributed by atoms with Crippen molar-refractivity contribution in [1.29, 1.82) is 0 Å². The molecule has 1 heterocycles. The van der Waals surface area contributed by atoms with E-state index in [-0.39, 0.29) is 0 Å². The first-order valence-corrected chi connectivity index (χ1v) is 5.28. The average Bonchev–Trinajstić information content (AvgIpc) is 2.39. The maximum absolute atomic E-state index is 12.3. The molecule has 0 spiro atoms. The van der Waals surface area contributed by atoms with Crippen LogP contribution in [0.15, 0.2) is 42.7 Å². The molecule has 0 aliphatic rings. The molecule has 0 bridgehead atoms. The van der Waals surface area contributed by atoms with E-state index < -0.39 is 6.10 Å². The van der Waals surface area contributed by atoms with Crippen molar-refractivity contribution in [2.45, 2.75) is 6.10 Å². The van der Waals surface area contributed by atoms with Crippen LogP contribution in [0.2, 0.25) is 0 Å². The Balaban J connectivity index is 2.40. The number of pyridine rings is 1. The van der Waals surface area contributed by atoms with Gasteiger partial charge in [0.2, 0.25) is 0 Å². The van der Waals surface area contributed by atoms with Crippen molar-refractivity contribution in [2.24, 2.45) is 0 Å². The van der Waals surface area contributed by atoms with Crippen molar-refractivity contribution >= 4 is 0 Å². The number of hydrogen-bond donors (Lipinski definition) is 0. The lowest BCUT2D eigenvalue weighted by molar-refractivity contribution is 0.124. The first kappa shape index (κ1) is 11.6. The predicted molar refractivity (Wildman–Crippen MR) is 64.2 cm³/mol. The van der Waals surface area contributed by atoms with E-state index >= 15 is 0 Å². The Labute approximate surface area is 101 Å². The molecular weight excluding hydrogens is 214 g/mol. The number of aromatic nitrogens is 1. The van der Waals surface area contributed by atoms with Gasteiger partial charge in [0.25, 0.3) is 0 Å². The summed E-state index contributed by atoms with van der Waals surface area (Å²) in [6.45, 7) is 3.87. The van der Waals surface area contributed by atoms with Crippen LogP contribution < -0.4 is 4.74 Å². The van der Waals surface area contributed by atoms with Crippen LogP contribution in [0.5, 0.6) is 5.75 Å². The fraction of sp³-hybridized carbons (Fsp3) is 0.143. The molecule has 0 saturated carbocycles. The van der Waals surface area contributed by atoms with Crippen molar-refractivity contribution in [3.8, 4) is 5.75 Å². The van der Waals surface area contributed by atoms with E-state index in [2.05, 4.69) is 11.9 Å². The molecule has 17 heavy (non-hydrogen) atoms. The topological polar surface area (TPSA) is 42.0 Å². The fourth-order valence-corrected chi connectivity index (χ4v) is 1.65. The maximum Gasteiger partial charge on any atom is 0.145 e. The molecule has 1 atom stereocenters. The van der Waals surface area contributed by atoms with Gasteiger partial charge < -0.3 is 4.74 Å². The van der Waals surface area contributed by atoms with E-state index in [1.54, 1.807) is 49.8 Å². The van der Waals surface area contributed by atoms with Gasteiger partial charge in [-0.15, -0.1) is 0 Å². The Morgan fingerprint density at radius 1 is 1.35 bits per heavy atom. The molecule has 2 rings (SSSR count). The van der Waals surface area contributed by atoms with Crippen LogP contribution in [-0.2, 0) is 5.11 Å². The lowest BCUT2D eigenvalue weighted by Crippen LogP contribution is -2.01. The molecule has 0 aliphatic heterocycles. The summed E-state index contributed by atoms with van der Waals surface area (Å²) in [5.41, 5.74) is 1.97. The molecule has 2 aromatic rings. The van der Waals surface area contributed by atoms with E-state index in [1.807, 2.05) is 0 Å². The number of nitrogens with zero attached hydrogens (tertiary/aromatic N) is 1. The van der Waals surface area contributed by atoms with E-state index in [0.717, 1.165) is 5.56 Å². The highest BCUT2D eigenvalue weighted by Gasteiger charge is 2.15. The summed E-state index contributed by atoms with van der Waals surface area (Å²) < 4.78 is 5.11. The summed E-state index contributed by atoms with van der Waals surface area (Å²) >= 11 is 0. The molecule has 86 valence electrons. The van der Waals surface area contributed by atoms with Crippen molar-refractivity contribution in [3.63, 3.8) is 0 Å². The summed E-state index contributed by atoms with van der Waals surface area (Å²) in [4.78, 5) is 3.95. The number of ether oxygens (including phenoxy) is 1. The van der Waals surface area contributed by atoms with E-state index in [1.165, 1.54) is 0 Å². The first-order valence-electron chi connectivity index (χ1n) is 5.28. The summed E-state index contributed by atoms with van der Waals surface area (Å²) in [6.07, 6.45) is 2.25. The van der Waals surface area contributed by atoms with E-state index in [0.29, 0.717) is 16.9 Å². The minimum Gasteiger partial charge on any atom is -0.497 e. The van der Waals surface area contributed by atoms with Crippen LogP contribution in [0.25, 0.3) is 0 Å². The van der Waals surface area contributed by atoms with Crippen LogP contribution in [0.4, 0.5) is 0 Å². The van der Waals surface area contributed by atoms with Gasteiger partial charge in [0.05, 0.1) is 7.11 Å². The standard InChI is InChI=1S/C14H13NO2/c1-10-5-6-12(17-2)8-13(10)14(16)11-4-3-7-15-9-11/h3-9,14H,1H2,2H3. The smallest absolute Gasteiger partial charge is 0.145 e. The third kappa shape index (κ3) is 2.45. The zero-order valence-corrected chi connectivity index (χ0v) is 9.59. The maximum atomic E-state index is 12.3. The van der Waals surface area contributed by atoms with Gasteiger partial charge in [-0.05, 0) is 36.2 Å². The van der Waals surface area contributed by atoms with E-state index in [9.17, 15) is 5.11 Å². The molecular formula is C14H13NO2. The van der Waals surface area contributed by atoms with E-state index in [4.69, 9.17) is 4.74 Å². The minimum atomic E-state index is -0.980. The first-order chi connectivity index (χ1) is 8.22. The van der Waals surface area contributed by atoms with Gasteiger partial charge in [-0.1, -0.05) is 12.1 Å². The molecule has 3 nitrogen and oxygen atoms in total. The number of rotatable bonds is 3. The van der Waals surface area contributed by atoms with Gasteiger partial charge in [0, 0.05) is 18.0 Å². The number of methoxy groups -OCH3 is 1. The van der Waals surface area contributed by atoms with Gasteiger partial charge in [0.15, 0.2) is 0 Å². The Hall–Kier alpha value is -1.87. The second kappa shape index (κ2) is 4.97. The molecule has 0 fully saturated rings. The monoisotopic (exact) mass is 227 g/mol. The highest BCUT2D eigenvalue weighted by atomic mass is 16.5. The molecule has 0 N–H and O–H groups in total. The lowest BCUT2D eigenvalue weighted by Gasteiger charge is -2.13. The largest absolute Gasteiger partial charge is 0.497 e. The van der Waals surface area contributed by atoms with Gasteiger partial charge >= 0.3 is 0 Å². The third-order valence-electron chi connectivity index (χ3n) is 2.62. The second-order valence-corrected chi connectivity index (χ2v) is 3.73. The molecule has 1 aromatic carbocycles. The van der Waals surface area contributed by atoms with Crippen molar-refractivity contribution < 1.29 is 9.84 Å². The van der Waals surface area contributed by atoms with Crippen LogP contribution in [0, 0.1) is 6.92 Å². The molecule has 1 unspecified atom stereocenters. The summed E-state index contributed by atoms with van der Waals surface area (Å²) in [7, 11) is 1.58. The van der Waals surface area contributed by atoms with Crippen LogP contribution in [0.3, 0.4) is 0 Å². The van der Waals surface area contributed by atoms with Crippen LogP contribution >= 0.6 is 0 Å². The SMILES string of the molecule is [CH2]c1ccc(OC)cc1C([O])c1cccnc1. The number of hydrogen-bond acceptors (Lipinski definition) is 2. The van der Waals surface area contributed by atoms with Crippen molar-refractivity contribution in [1.82, 2.24) is 4.98 Å². The van der Waals surface area contributed by atoms with Crippen molar-refractivity contribution in [3.05, 3.63) is 66.3 Å². The Morgan fingerprint density at radius 3 is 2.82 bits per heavy atom. The van der Waals surface area contributed by atoms with Crippen molar-refractivity contribution in [2.75, 3.05) is 7.11 Å². The highest BCUT2D eigenvalue weighted by Crippen LogP contribution is 2.27. The lowest BCUT2D eigenvalue weighted by atomic mass is 9.98. The summed E-state index contributed by atoms with van der Waals surface area (Å²) in [5.74, 6) is 0.664. The number of benzene rings is 1. The minimum absolute atomic E-state index is 0.623. The molecule has 1 aromatic heterocycles. The van der Waals surface area contributed by atoms with Gasteiger partial charge in [-0.3, -0.25) is 4.98 Å². The second-order valence-electron chi connectivity index (χ2n) is 3.73. The van der Waals surface area contributed by atoms with Gasteiger partial charge in [-0.25, -0.2) is 5.11 Å². The third-order valence-corrected chi connectivity index (χ3v) is 2.62. The Bertz CT molecular complexity index is 497. The average molecular weight is 227 g/mol. The molecule has 0 amide bonds. The van der Waals surface area contributed by atoms with Crippen LogP contribution in [0.1, 0.15) is 22.8 Å². The highest BCUT2D eigenvalue weighted by molar-refractivity contribution is 5.41. The zero-order valence-electron chi connectivity index (χ0n) is 9.59. The fourth-order valence-electron chi connectivity index (χ4n) is 1.65.